The van der Waals surface area contributed by atoms with Gasteiger partial charge >= 0.3 is 0 Å². The van der Waals surface area contributed by atoms with Gasteiger partial charge in [0.2, 0.25) is 0 Å². The Morgan fingerprint density at radius 2 is 1.83 bits per heavy atom. The molecule has 0 aliphatic heterocycles. The van der Waals surface area contributed by atoms with Crippen LogP contribution in [-0.2, 0) is 0 Å². The zero-order valence-electron chi connectivity index (χ0n) is 13.6. The lowest BCUT2D eigenvalue weighted by Crippen LogP contribution is -2.13. The molecular formula is C17H18N2O5. The van der Waals surface area contributed by atoms with Crippen LogP contribution in [0.25, 0.3) is 0 Å². The van der Waals surface area contributed by atoms with E-state index in [2.05, 4.69) is 5.32 Å². The molecule has 0 saturated heterocycles. The molecule has 24 heavy (non-hydrogen) atoms. The Hall–Kier alpha value is -3.09. The summed E-state index contributed by atoms with van der Waals surface area (Å²) in [6, 6.07) is 10.6. The second kappa shape index (κ2) is 7.45. The van der Waals surface area contributed by atoms with Gasteiger partial charge in [0.15, 0.2) is 0 Å². The fourth-order valence-electron chi connectivity index (χ4n) is 2.06. The number of nitro benzene ring substituents is 1. The van der Waals surface area contributed by atoms with Gasteiger partial charge < -0.3 is 14.8 Å². The van der Waals surface area contributed by atoms with Crippen molar-refractivity contribution in [2.24, 2.45) is 0 Å². The first kappa shape index (κ1) is 17.3. The van der Waals surface area contributed by atoms with E-state index in [4.69, 9.17) is 9.47 Å². The van der Waals surface area contributed by atoms with Crippen LogP contribution in [0.4, 0.5) is 11.4 Å². The van der Waals surface area contributed by atoms with Crippen molar-refractivity contribution in [1.29, 1.82) is 0 Å². The Labute approximate surface area is 139 Å². The number of hydrogen-bond acceptors (Lipinski definition) is 5. The highest BCUT2D eigenvalue weighted by molar-refractivity contribution is 6.05. The molecule has 0 atom stereocenters. The minimum Gasteiger partial charge on any atom is -0.495 e. The number of carbonyl (C=O) groups is 1. The Bertz CT molecular complexity index is 741. The Morgan fingerprint density at radius 1 is 1.17 bits per heavy atom. The molecule has 0 fully saturated rings. The second-order valence-electron chi connectivity index (χ2n) is 5.29. The zero-order chi connectivity index (χ0) is 17.7. The van der Waals surface area contributed by atoms with Crippen LogP contribution in [-0.4, -0.2) is 24.0 Å². The van der Waals surface area contributed by atoms with Gasteiger partial charge in [0, 0.05) is 17.7 Å². The van der Waals surface area contributed by atoms with Gasteiger partial charge in [-0.25, -0.2) is 0 Å². The maximum atomic E-state index is 12.3. The molecule has 126 valence electrons. The second-order valence-corrected chi connectivity index (χ2v) is 5.29. The smallest absolute Gasteiger partial charge is 0.271 e. The molecule has 0 spiro atoms. The van der Waals surface area contributed by atoms with Crippen LogP contribution >= 0.6 is 0 Å². The molecule has 0 saturated carbocycles. The van der Waals surface area contributed by atoms with Gasteiger partial charge in [-0.2, -0.15) is 0 Å². The molecule has 0 unspecified atom stereocenters. The van der Waals surface area contributed by atoms with Crippen LogP contribution in [0.15, 0.2) is 42.5 Å². The number of nitrogens with zero attached hydrogens (tertiary/aromatic N) is 1. The van der Waals surface area contributed by atoms with Crippen molar-refractivity contribution in [2.75, 3.05) is 12.4 Å². The van der Waals surface area contributed by atoms with Crippen LogP contribution in [0.5, 0.6) is 11.5 Å². The third-order valence-corrected chi connectivity index (χ3v) is 3.13. The number of rotatable bonds is 6. The van der Waals surface area contributed by atoms with Gasteiger partial charge in [-0.05, 0) is 44.2 Å². The van der Waals surface area contributed by atoms with Crippen molar-refractivity contribution in [1.82, 2.24) is 0 Å². The van der Waals surface area contributed by atoms with E-state index in [0.717, 1.165) is 0 Å². The summed E-state index contributed by atoms with van der Waals surface area (Å²) in [4.78, 5) is 22.7. The number of amides is 1. The first-order chi connectivity index (χ1) is 11.4. The van der Waals surface area contributed by atoms with Gasteiger partial charge in [0.25, 0.3) is 11.6 Å². The highest BCUT2D eigenvalue weighted by Gasteiger charge is 2.14. The Morgan fingerprint density at radius 3 is 2.38 bits per heavy atom. The molecule has 0 bridgehead atoms. The van der Waals surface area contributed by atoms with Gasteiger partial charge in [0.05, 0.1) is 23.8 Å². The van der Waals surface area contributed by atoms with Crippen LogP contribution in [0.2, 0.25) is 0 Å². The minimum atomic E-state index is -0.535. The molecular weight excluding hydrogens is 312 g/mol. The topological polar surface area (TPSA) is 90.7 Å². The lowest BCUT2D eigenvalue weighted by molar-refractivity contribution is -0.384. The normalized spacial score (nSPS) is 10.3. The number of hydrogen-bond donors (Lipinski definition) is 1. The van der Waals surface area contributed by atoms with E-state index in [1.165, 1.54) is 25.3 Å². The zero-order valence-corrected chi connectivity index (χ0v) is 13.6. The quantitative estimate of drug-likeness (QED) is 0.645. The van der Waals surface area contributed by atoms with Gasteiger partial charge in [-0.15, -0.1) is 0 Å². The molecule has 7 heteroatoms. The summed E-state index contributed by atoms with van der Waals surface area (Å²) in [6.07, 6.45) is 0.0406. The summed E-state index contributed by atoms with van der Waals surface area (Å²) in [5.74, 6) is 0.605. The number of nitrogens with one attached hydrogen (secondary N) is 1. The molecule has 0 aliphatic carbocycles. The summed E-state index contributed by atoms with van der Waals surface area (Å²) in [6.45, 7) is 3.82. The van der Waals surface area contributed by atoms with E-state index in [1.807, 2.05) is 13.8 Å². The molecule has 0 aromatic heterocycles. The number of ether oxygens (including phenoxy) is 2. The van der Waals surface area contributed by atoms with Crippen LogP contribution < -0.4 is 14.8 Å². The summed E-state index contributed by atoms with van der Waals surface area (Å²) in [5, 5.41) is 13.5. The lowest BCUT2D eigenvalue weighted by Gasteiger charge is -2.11. The van der Waals surface area contributed by atoms with E-state index >= 15 is 0 Å². The first-order valence-electron chi connectivity index (χ1n) is 7.31. The van der Waals surface area contributed by atoms with Crippen molar-refractivity contribution in [3.8, 4) is 11.5 Å². The molecule has 2 aromatic carbocycles. The number of methoxy groups -OCH3 is 1. The van der Waals surface area contributed by atoms with Crippen LogP contribution in [0.3, 0.4) is 0 Å². The number of carbonyl (C=O) groups excluding carboxylic acids is 1. The van der Waals surface area contributed by atoms with Gasteiger partial charge in [-0.1, -0.05) is 0 Å². The maximum absolute atomic E-state index is 12.3. The summed E-state index contributed by atoms with van der Waals surface area (Å²) >= 11 is 0. The number of anilines is 1. The monoisotopic (exact) mass is 330 g/mol. The lowest BCUT2D eigenvalue weighted by atomic mass is 10.2. The van der Waals surface area contributed by atoms with Crippen LogP contribution in [0, 0.1) is 10.1 Å². The molecule has 2 rings (SSSR count). The molecule has 1 amide bonds. The van der Waals surface area contributed by atoms with Crippen molar-refractivity contribution >= 4 is 17.3 Å². The predicted octanol–water partition coefficient (Wildman–Crippen LogP) is 3.64. The molecule has 7 nitrogen and oxygen atoms in total. The maximum Gasteiger partial charge on any atom is 0.271 e. The average molecular weight is 330 g/mol. The Kier molecular flexibility index (Phi) is 5.36. The standard InChI is InChI=1S/C17H18N2O5/c1-11(2)24-14-7-4-12(5-8-14)17(20)18-15-10-13(19(21)22)6-9-16(15)23-3/h4-11H,1-3H3,(H,18,20). The van der Waals surface area contributed by atoms with Crippen molar-refractivity contribution in [3.05, 3.63) is 58.1 Å². The van der Waals surface area contributed by atoms with Crippen LogP contribution in [0.1, 0.15) is 24.2 Å². The van der Waals surface area contributed by atoms with Gasteiger partial charge in [-0.3, -0.25) is 14.9 Å². The summed E-state index contributed by atoms with van der Waals surface area (Å²) in [5.41, 5.74) is 0.505. The Balaban J connectivity index is 2.19. The minimum absolute atomic E-state index is 0.0406. The SMILES string of the molecule is COc1ccc([N+](=O)[O-])cc1NC(=O)c1ccc(OC(C)C)cc1. The molecule has 0 heterocycles. The summed E-state index contributed by atoms with van der Waals surface area (Å²) in [7, 11) is 1.43. The van der Waals surface area contributed by atoms with E-state index in [-0.39, 0.29) is 17.5 Å². The highest BCUT2D eigenvalue weighted by Crippen LogP contribution is 2.29. The molecule has 1 N–H and O–H groups in total. The highest BCUT2D eigenvalue weighted by atomic mass is 16.6. The van der Waals surface area contributed by atoms with Gasteiger partial charge in [0.1, 0.15) is 11.5 Å². The third kappa shape index (κ3) is 4.22. The fraction of sp³-hybridized carbons (Fsp3) is 0.235. The van der Waals surface area contributed by atoms with E-state index < -0.39 is 10.8 Å². The van der Waals surface area contributed by atoms with E-state index in [0.29, 0.717) is 17.1 Å². The average Bonchev–Trinajstić information content (AvgIpc) is 2.54. The van der Waals surface area contributed by atoms with Crippen molar-refractivity contribution in [3.63, 3.8) is 0 Å². The molecule has 2 aromatic rings. The first-order valence-corrected chi connectivity index (χ1v) is 7.31. The largest absolute Gasteiger partial charge is 0.495 e. The molecule has 0 aliphatic rings. The van der Waals surface area contributed by atoms with Crippen molar-refractivity contribution < 1.29 is 19.2 Å². The van der Waals surface area contributed by atoms with E-state index in [9.17, 15) is 14.9 Å². The van der Waals surface area contributed by atoms with Crippen molar-refractivity contribution in [2.45, 2.75) is 20.0 Å². The van der Waals surface area contributed by atoms with E-state index in [1.54, 1.807) is 24.3 Å². The molecule has 0 radical (unpaired) electrons. The fourth-order valence-corrected chi connectivity index (χ4v) is 2.06. The summed E-state index contributed by atoms with van der Waals surface area (Å²) < 4.78 is 10.6. The number of benzene rings is 2. The predicted molar refractivity (Wildman–Crippen MR) is 89.8 cm³/mol. The number of non-ortho nitro benzene ring substituents is 1. The number of nitro groups is 1. The third-order valence-electron chi connectivity index (χ3n) is 3.13.